The van der Waals surface area contributed by atoms with Gasteiger partial charge in [-0.1, -0.05) is 6.07 Å². The predicted octanol–water partition coefficient (Wildman–Crippen LogP) is 2.32. The van der Waals surface area contributed by atoms with Crippen LogP contribution in [-0.2, 0) is 4.79 Å². The Morgan fingerprint density at radius 1 is 1.47 bits per heavy atom. The van der Waals surface area contributed by atoms with Gasteiger partial charge in [-0.25, -0.2) is 0 Å². The van der Waals surface area contributed by atoms with E-state index in [1.165, 1.54) is 0 Å². The third-order valence-corrected chi connectivity index (χ3v) is 2.48. The lowest BCUT2D eigenvalue weighted by molar-refractivity contribution is -0.124. The van der Waals surface area contributed by atoms with Crippen LogP contribution in [-0.4, -0.2) is 18.1 Å². The smallest absolute Gasteiger partial charge is 0.258 e. The second kappa shape index (κ2) is 5.40. The quantitative estimate of drug-likeness (QED) is 0.842. The molecule has 0 saturated carbocycles. The average molecular weight is 301 g/mol. The number of rotatable bonds is 3. The third kappa shape index (κ3) is 4.65. The second-order valence-electron chi connectivity index (χ2n) is 4.75. The lowest BCUT2D eigenvalue weighted by Gasteiger charge is -2.20. The number of anilines is 1. The molecule has 0 aliphatic carbocycles. The van der Waals surface area contributed by atoms with Crippen LogP contribution >= 0.6 is 15.9 Å². The van der Waals surface area contributed by atoms with Crippen molar-refractivity contribution in [2.75, 3.05) is 12.3 Å². The van der Waals surface area contributed by atoms with E-state index in [-0.39, 0.29) is 18.1 Å². The monoisotopic (exact) mass is 300 g/mol. The van der Waals surface area contributed by atoms with Gasteiger partial charge in [0.15, 0.2) is 12.4 Å². The molecule has 1 aromatic carbocycles. The topological polar surface area (TPSA) is 64.3 Å². The summed E-state index contributed by atoms with van der Waals surface area (Å²) < 4.78 is 6.13. The summed E-state index contributed by atoms with van der Waals surface area (Å²) >= 11 is 3.32. The van der Waals surface area contributed by atoms with E-state index in [0.29, 0.717) is 11.4 Å². The SMILES string of the molecule is CC(C)(C)NC(=O)COc1c(N)cccc1Br. The molecular formula is C12H17BrN2O2. The van der Waals surface area contributed by atoms with Crippen molar-refractivity contribution in [2.24, 2.45) is 0 Å². The first-order valence-corrected chi connectivity index (χ1v) is 6.07. The molecule has 0 aliphatic rings. The fraction of sp³-hybridized carbons (Fsp3) is 0.417. The van der Waals surface area contributed by atoms with Crippen LogP contribution in [0.15, 0.2) is 22.7 Å². The van der Waals surface area contributed by atoms with Crippen LogP contribution in [0.3, 0.4) is 0 Å². The number of carbonyl (C=O) groups excluding carboxylic acids is 1. The number of carbonyl (C=O) groups is 1. The van der Waals surface area contributed by atoms with Crippen LogP contribution in [0.4, 0.5) is 5.69 Å². The summed E-state index contributed by atoms with van der Waals surface area (Å²) in [5.41, 5.74) is 5.99. The number of para-hydroxylation sites is 1. The molecule has 0 aliphatic heterocycles. The number of ether oxygens (including phenoxy) is 1. The van der Waals surface area contributed by atoms with Crippen molar-refractivity contribution in [3.05, 3.63) is 22.7 Å². The molecule has 4 nitrogen and oxygen atoms in total. The summed E-state index contributed by atoms with van der Waals surface area (Å²) in [5, 5.41) is 2.81. The number of nitrogen functional groups attached to an aromatic ring is 1. The average Bonchev–Trinajstić information content (AvgIpc) is 2.14. The maximum absolute atomic E-state index is 11.6. The number of hydrogen-bond donors (Lipinski definition) is 2. The lowest BCUT2D eigenvalue weighted by atomic mass is 10.1. The Morgan fingerprint density at radius 2 is 2.12 bits per heavy atom. The van der Waals surface area contributed by atoms with Gasteiger partial charge < -0.3 is 15.8 Å². The van der Waals surface area contributed by atoms with Gasteiger partial charge in [-0.15, -0.1) is 0 Å². The van der Waals surface area contributed by atoms with E-state index >= 15 is 0 Å². The van der Waals surface area contributed by atoms with E-state index in [0.717, 1.165) is 4.47 Å². The Kier molecular flexibility index (Phi) is 4.40. The van der Waals surface area contributed by atoms with Gasteiger partial charge in [0, 0.05) is 5.54 Å². The number of benzene rings is 1. The highest BCUT2D eigenvalue weighted by Crippen LogP contribution is 2.30. The molecule has 5 heteroatoms. The van der Waals surface area contributed by atoms with E-state index < -0.39 is 0 Å². The highest BCUT2D eigenvalue weighted by Gasteiger charge is 2.15. The number of halogens is 1. The minimum absolute atomic E-state index is 0.0515. The molecular weight excluding hydrogens is 284 g/mol. The van der Waals surface area contributed by atoms with Crippen LogP contribution in [0.5, 0.6) is 5.75 Å². The van der Waals surface area contributed by atoms with E-state index in [2.05, 4.69) is 21.2 Å². The summed E-state index contributed by atoms with van der Waals surface area (Å²) in [6.07, 6.45) is 0. The predicted molar refractivity (Wildman–Crippen MR) is 71.9 cm³/mol. The molecule has 0 heterocycles. The standard InChI is InChI=1S/C12H17BrN2O2/c1-12(2,3)15-10(16)7-17-11-8(13)5-4-6-9(11)14/h4-6H,7,14H2,1-3H3,(H,15,16). The first kappa shape index (κ1) is 13.8. The summed E-state index contributed by atoms with van der Waals surface area (Å²) in [7, 11) is 0. The first-order chi connectivity index (χ1) is 7.79. The molecule has 1 rings (SSSR count). The lowest BCUT2D eigenvalue weighted by Crippen LogP contribution is -2.43. The highest BCUT2D eigenvalue weighted by molar-refractivity contribution is 9.10. The zero-order valence-corrected chi connectivity index (χ0v) is 11.8. The Morgan fingerprint density at radius 3 is 2.65 bits per heavy atom. The van der Waals surface area contributed by atoms with Gasteiger partial charge in [0.1, 0.15) is 0 Å². The van der Waals surface area contributed by atoms with E-state index in [1.54, 1.807) is 6.07 Å². The van der Waals surface area contributed by atoms with Gasteiger partial charge in [-0.3, -0.25) is 4.79 Å². The van der Waals surface area contributed by atoms with Gasteiger partial charge in [-0.2, -0.15) is 0 Å². The van der Waals surface area contributed by atoms with Crippen molar-refractivity contribution < 1.29 is 9.53 Å². The fourth-order valence-corrected chi connectivity index (χ4v) is 1.77. The molecule has 0 atom stereocenters. The molecule has 0 radical (unpaired) electrons. The number of amides is 1. The summed E-state index contributed by atoms with van der Waals surface area (Å²) in [4.78, 5) is 11.6. The van der Waals surface area contributed by atoms with Crippen LogP contribution in [0.1, 0.15) is 20.8 Å². The fourth-order valence-electron chi connectivity index (χ4n) is 1.27. The molecule has 0 saturated heterocycles. The first-order valence-electron chi connectivity index (χ1n) is 5.27. The maximum atomic E-state index is 11.6. The van der Waals surface area contributed by atoms with Crippen molar-refractivity contribution in [3.63, 3.8) is 0 Å². The Labute approximate surface area is 110 Å². The number of hydrogen-bond acceptors (Lipinski definition) is 3. The molecule has 1 amide bonds. The molecule has 3 N–H and O–H groups in total. The van der Waals surface area contributed by atoms with E-state index in [9.17, 15) is 4.79 Å². The normalized spacial score (nSPS) is 11.1. The van der Waals surface area contributed by atoms with Gasteiger partial charge in [-0.05, 0) is 48.8 Å². The van der Waals surface area contributed by atoms with Crippen LogP contribution in [0, 0.1) is 0 Å². The Hall–Kier alpha value is -1.23. The van der Waals surface area contributed by atoms with Crippen molar-refractivity contribution in [2.45, 2.75) is 26.3 Å². The van der Waals surface area contributed by atoms with Crippen molar-refractivity contribution in [1.82, 2.24) is 5.32 Å². The molecule has 0 aromatic heterocycles. The molecule has 94 valence electrons. The zero-order valence-electron chi connectivity index (χ0n) is 10.2. The molecule has 1 aromatic rings. The third-order valence-electron chi connectivity index (χ3n) is 1.86. The van der Waals surface area contributed by atoms with Crippen LogP contribution in [0.25, 0.3) is 0 Å². The van der Waals surface area contributed by atoms with E-state index in [4.69, 9.17) is 10.5 Å². The molecule has 0 unspecified atom stereocenters. The Balaban J connectivity index is 2.59. The number of nitrogens with one attached hydrogen (secondary N) is 1. The summed E-state index contributed by atoms with van der Waals surface area (Å²) in [5.74, 6) is 0.323. The van der Waals surface area contributed by atoms with Crippen molar-refractivity contribution in [1.29, 1.82) is 0 Å². The molecule has 17 heavy (non-hydrogen) atoms. The second-order valence-corrected chi connectivity index (χ2v) is 5.60. The zero-order chi connectivity index (χ0) is 13.1. The van der Waals surface area contributed by atoms with Gasteiger partial charge >= 0.3 is 0 Å². The maximum Gasteiger partial charge on any atom is 0.258 e. The van der Waals surface area contributed by atoms with Crippen molar-refractivity contribution >= 4 is 27.5 Å². The summed E-state index contributed by atoms with van der Waals surface area (Å²) in [6.45, 7) is 5.69. The van der Waals surface area contributed by atoms with E-state index in [1.807, 2.05) is 32.9 Å². The molecule has 0 fully saturated rings. The van der Waals surface area contributed by atoms with Gasteiger partial charge in [0.25, 0.3) is 5.91 Å². The van der Waals surface area contributed by atoms with Gasteiger partial charge in [0.2, 0.25) is 0 Å². The molecule has 0 bridgehead atoms. The van der Waals surface area contributed by atoms with Crippen molar-refractivity contribution in [3.8, 4) is 5.75 Å². The highest BCUT2D eigenvalue weighted by atomic mass is 79.9. The minimum atomic E-state index is -0.264. The van der Waals surface area contributed by atoms with Gasteiger partial charge in [0.05, 0.1) is 10.2 Å². The largest absolute Gasteiger partial charge is 0.480 e. The minimum Gasteiger partial charge on any atom is -0.480 e. The summed E-state index contributed by atoms with van der Waals surface area (Å²) in [6, 6.07) is 5.34. The van der Waals surface area contributed by atoms with Crippen LogP contribution < -0.4 is 15.8 Å². The van der Waals surface area contributed by atoms with Crippen LogP contribution in [0.2, 0.25) is 0 Å². The number of nitrogens with two attached hydrogens (primary N) is 1. The molecule has 0 spiro atoms. The Bertz CT molecular complexity index is 393.